The Bertz CT molecular complexity index is 237. The molecule has 0 aromatic carbocycles. The number of carbonyl (C=O) groups is 2. The Balaban J connectivity index is 2.25. The topological polar surface area (TPSA) is 37.4 Å². The SMILES string of the molecule is CC1CC(=O)N(CCCCCCS)C(=O)C1. The van der Waals surface area contributed by atoms with Gasteiger partial charge < -0.3 is 0 Å². The maximum Gasteiger partial charge on any atom is 0.229 e. The number of hydrogen-bond acceptors (Lipinski definition) is 3. The van der Waals surface area contributed by atoms with Crippen LogP contribution in [0.3, 0.4) is 0 Å². The van der Waals surface area contributed by atoms with Gasteiger partial charge in [0.2, 0.25) is 11.8 Å². The molecule has 0 spiro atoms. The van der Waals surface area contributed by atoms with Gasteiger partial charge in [-0.15, -0.1) is 0 Å². The Morgan fingerprint density at radius 3 is 2.25 bits per heavy atom. The molecule has 1 saturated heterocycles. The van der Waals surface area contributed by atoms with Crippen LogP contribution in [0.5, 0.6) is 0 Å². The Kier molecular flexibility index (Phi) is 5.88. The first kappa shape index (κ1) is 13.6. The third-order valence-electron chi connectivity index (χ3n) is 2.94. The van der Waals surface area contributed by atoms with Crippen LogP contribution in [-0.2, 0) is 9.59 Å². The number of carbonyl (C=O) groups excluding carboxylic acids is 2. The summed E-state index contributed by atoms with van der Waals surface area (Å²) in [7, 11) is 0. The lowest BCUT2D eigenvalue weighted by Crippen LogP contribution is -2.43. The second-order valence-corrected chi connectivity index (χ2v) is 5.04. The van der Waals surface area contributed by atoms with Crippen molar-refractivity contribution in [1.82, 2.24) is 4.90 Å². The highest BCUT2D eigenvalue weighted by atomic mass is 32.1. The van der Waals surface area contributed by atoms with E-state index < -0.39 is 0 Å². The third-order valence-corrected chi connectivity index (χ3v) is 3.25. The molecule has 16 heavy (non-hydrogen) atoms. The van der Waals surface area contributed by atoms with Crippen molar-refractivity contribution < 1.29 is 9.59 Å². The monoisotopic (exact) mass is 243 g/mol. The number of amides is 2. The number of piperidine rings is 1. The molecule has 0 atom stereocenters. The predicted octanol–water partition coefficient (Wildman–Crippen LogP) is 2.26. The van der Waals surface area contributed by atoms with E-state index in [-0.39, 0.29) is 17.7 Å². The lowest BCUT2D eigenvalue weighted by Gasteiger charge is -2.28. The van der Waals surface area contributed by atoms with Crippen LogP contribution in [0.2, 0.25) is 0 Å². The second-order valence-electron chi connectivity index (χ2n) is 4.59. The van der Waals surface area contributed by atoms with E-state index in [1.165, 1.54) is 4.90 Å². The van der Waals surface area contributed by atoms with Gasteiger partial charge in [-0.2, -0.15) is 12.6 Å². The van der Waals surface area contributed by atoms with E-state index in [9.17, 15) is 9.59 Å². The smallest absolute Gasteiger partial charge is 0.229 e. The van der Waals surface area contributed by atoms with Crippen molar-refractivity contribution in [3.05, 3.63) is 0 Å². The molecule has 0 radical (unpaired) electrons. The molecule has 0 unspecified atom stereocenters. The Labute approximate surface area is 103 Å². The summed E-state index contributed by atoms with van der Waals surface area (Å²) in [4.78, 5) is 24.7. The molecule has 3 nitrogen and oxygen atoms in total. The molecule has 1 heterocycles. The number of unbranched alkanes of at least 4 members (excludes halogenated alkanes) is 3. The normalized spacial score (nSPS) is 18.2. The Morgan fingerprint density at radius 2 is 1.69 bits per heavy atom. The van der Waals surface area contributed by atoms with Gasteiger partial charge in [0.15, 0.2) is 0 Å². The first-order valence-corrected chi connectivity index (χ1v) is 6.72. The van der Waals surface area contributed by atoms with Crippen LogP contribution in [0.25, 0.3) is 0 Å². The molecule has 0 aromatic rings. The molecule has 0 N–H and O–H groups in total. The lowest BCUT2D eigenvalue weighted by molar-refractivity contribution is -0.149. The van der Waals surface area contributed by atoms with E-state index in [0.717, 1.165) is 31.4 Å². The minimum absolute atomic E-state index is 0.0120. The molecule has 1 rings (SSSR count). The van der Waals surface area contributed by atoms with Crippen LogP contribution < -0.4 is 0 Å². The molecule has 1 fully saturated rings. The molecular formula is C12H21NO2S. The summed E-state index contributed by atoms with van der Waals surface area (Å²) in [5.41, 5.74) is 0. The van der Waals surface area contributed by atoms with E-state index in [4.69, 9.17) is 0 Å². The first-order chi connectivity index (χ1) is 7.65. The first-order valence-electron chi connectivity index (χ1n) is 6.09. The van der Waals surface area contributed by atoms with Gasteiger partial charge in [-0.1, -0.05) is 19.8 Å². The number of hydrogen-bond donors (Lipinski definition) is 1. The average Bonchev–Trinajstić information content (AvgIpc) is 2.20. The molecule has 92 valence electrons. The van der Waals surface area contributed by atoms with E-state index in [1.54, 1.807) is 0 Å². The molecule has 4 heteroatoms. The quantitative estimate of drug-likeness (QED) is 0.441. The summed E-state index contributed by atoms with van der Waals surface area (Å²) in [6.45, 7) is 2.57. The van der Waals surface area contributed by atoms with Gasteiger partial charge >= 0.3 is 0 Å². The van der Waals surface area contributed by atoms with Gasteiger partial charge in [-0.25, -0.2) is 0 Å². The molecule has 2 amide bonds. The lowest BCUT2D eigenvalue weighted by atomic mass is 9.97. The molecule has 0 aromatic heterocycles. The van der Waals surface area contributed by atoms with Crippen molar-refractivity contribution >= 4 is 24.4 Å². The van der Waals surface area contributed by atoms with E-state index >= 15 is 0 Å². The van der Waals surface area contributed by atoms with Crippen LogP contribution in [0.4, 0.5) is 0 Å². The zero-order valence-corrected chi connectivity index (χ0v) is 10.8. The van der Waals surface area contributed by atoms with E-state index in [0.29, 0.717) is 19.4 Å². The maximum absolute atomic E-state index is 11.6. The summed E-state index contributed by atoms with van der Waals surface area (Å²) in [5.74, 6) is 1.16. The fourth-order valence-electron chi connectivity index (χ4n) is 2.01. The van der Waals surface area contributed by atoms with Gasteiger partial charge in [0.25, 0.3) is 0 Å². The molecule has 0 saturated carbocycles. The number of imide groups is 1. The number of thiol groups is 1. The average molecular weight is 243 g/mol. The summed E-state index contributed by atoms with van der Waals surface area (Å²) in [5, 5.41) is 0. The highest BCUT2D eigenvalue weighted by Crippen LogP contribution is 2.19. The van der Waals surface area contributed by atoms with Crippen molar-refractivity contribution in [2.45, 2.75) is 45.4 Å². The molecule has 1 aliphatic heterocycles. The molecule has 1 aliphatic rings. The van der Waals surface area contributed by atoms with Gasteiger partial charge in [-0.3, -0.25) is 14.5 Å². The zero-order valence-electron chi connectivity index (χ0n) is 9.95. The van der Waals surface area contributed by atoms with Gasteiger partial charge in [-0.05, 0) is 24.5 Å². The van der Waals surface area contributed by atoms with Crippen molar-refractivity contribution in [3.8, 4) is 0 Å². The molecule has 0 bridgehead atoms. The standard InChI is InChI=1S/C12H21NO2S/c1-10-8-11(14)13(12(15)9-10)6-4-2-3-5-7-16/h10,16H,2-9H2,1H3. The maximum atomic E-state index is 11.6. The largest absolute Gasteiger partial charge is 0.283 e. The van der Waals surface area contributed by atoms with Crippen LogP contribution in [-0.4, -0.2) is 29.0 Å². The van der Waals surface area contributed by atoms with Crippen molar-refractivity contribution in [1.29, 1.82) is 0 Å². The van der Waals surface area contributed by atoms with Crippen molar-refractivity contribution in [2.75, 3.05) is 12.3 Å². The number of likely N-dealkylation sites (tertiary alicyclic amines) is 1. The minimum atomic E-state index is 0.0120. The van der Waals surface area contributed by atoms with Crippen LogP contribution in [0.1, 0.15) is 45.4 Å². The van der Waals surface area contributed by atoms with E-state index in [1.807, 2.05) is 6.92 Å². The molecule has 0 aliphatic carbocycles. The zero-order chi connectivity index (χ0) is 12.0. The number of rotatable bonds is 6. The summed E-state index contributed by atoms with van der Waals surface area (Å²) in [6.07, 6.45) is 5.32. The van der Waals surface area contributed by atoms with Crippen molar-refractivity contribution in [2.24, 2.45) is 5.92 Å². The highest BCUT2D eigenvalue weighted by molar-refractivity contribution is 7.80. The van der Waals surface area contributed by atoms with Crippen molar-refractivity contribution in [3.63, 3.8) is 0 Å². The predicted molar refractivity (Wildman–Crippen MR) is 67.4 cm³/mol. The van der Waals surface area contributed by atoms with E-state index in [2.05, 4.69) is 12.6 Å². The van der Waals surface area contributed by atoms with Crippen LogP contribution >= 0.6 is 12.6 Å². The van der Waals surface area contributed by atoms with Crippen LogP contribution in [0.15, 0.2) is 0 Å². The van der Waals surface area contributed by atoms with Gasteiger partial charge in [0.1, 0.15) is 0 Å². The van der Waals surface area contributed by atoms with Crippen LogP contribution in [0, 0.1) is 5.92 Å². The van der Waals surface area contributed by atoms with Gasteiger partial charge in [0.05, 0.1) is 0 Å². The minimum Gasteiger partial charge on any atom is -0.283 e. The number of nitrogens with zero attached hydrogens (tertiary/aromatic N) is 1. The van der Waals surface area contributed by atoms with Gasteiger partial charge in [0, 0.05) is 19.4 Å². The third kappa shape index (κ3) is 4.16. The molecular weight excluding hydrogens is 222 g/mol. The second kappa shape index (κ2) is 6.94. The highest BCUT2D eigenvalue weighted by Gasteiger charge is 2.29. The summed E-state index contributed by atoms with van der Waals surface area (Å²) >= 11 is 4.14. The summed E-state index contributed by atoms with van der Waals surface area (Å²) in [6, 6.07) is 0. The Morgan fingerprint density at radius 1 is 1.12 bits per heavy atom. The fourth-order valence-corrected chi connectivity index (χ4v) is 2.24. The fraction of sp³-hybridized carbons (Fsp3) is 0.833. The Hall–Kier alpha value is -0.510. The summed E-state index contributed by atoms with van der Waals surface area (Å²) < 4.78 is 0.